The molecule has 0 spiro atoms. The average Bonchev–Trinajstić information content (AvgIpc) is 2.59. The molecular weight excluding hydrogens is 330 g/mol. The van der Waals surface area contributed by atoms with Crippen LogP contribution in [0.5, 0.6) is 0 Å². The fourth-order valence-corrected chi connectivity index (χ4v) is 2.32. The van der Waals surface area contributed by atoms with Crippen molar-refractivity contribution in [2.24, 2.45) is 0 Å². The lowest BCUT2D eigenvalue weighted by Crippen LogP contribution is -2.14. The van der Waals surface area contributed by atoms with Crippen LogP contribution in [0, 0.1) is 21.4 Å². The minimum absolute atomic E-state index is 0.00389. The molecule has 0 atom stereocenters. The molecule has 2 aromatic rings. The van der Waals surface area contributed by atoms with Crippen molar-refractivity contribution >= 4 is 23.4 Å². The first-order chi connectivity index (χ1) is 12.2. The molecule has 1 N–H and O–H groups in total. The van der Waals surface area contributed by atoms with E-state index >= 15 is 0 Å². The Bertz CT molecular complexity index is 901. The molecule has 0 aromatic heterocycles. The number of nitrogens with one attached hydrogen (secondary N) is 1. The van der Waals surface area contributed by atoms with Crippen LogP contribution in [0.3, 0.4) is 0 Å². The van der Waals surface area contributed by atoms with Gasteiger partial charge in [-0.05, 0) is 28.7 Å². The standard InChI is InChI=1S/C20H19N3O3/c1-20(2,3)16-10-8-14(9-11-16)12-15(13-21)19(24)22-17-6-4-5-7-18(17)23(25)26/h4-12H,1-3H3,(H,22,24)/b15-12+. The number of nitrogens with zero attached hydrogens (tertiary/aromatic N) is 2. The second kappa shape index (κ2) is 7.62. The van der Waals surface area contributed by atoms with Gasteiger partial charge in [0.25, 0.3) is 11.6 Å². The van der Waals surface area contributed by atoms with E-state index in [1.54, 1.807) is 6.07 Å². The van der Waals surface area contributed by atoms with Gasteiger partial charge in [-0.25, -0.2) is 0 Å². The Labute approximate surface area is 151 Å². The number of amides is 1. The first kappa shape index (κ1) is 18.9. The summed E-state index contributed by atoms with van der Waals surface area (Å²) in [5, 5.41) is 22.7. The second-order valence-corrected chi connectivity index (χ2v) is 6.77. The minimum Gasteiger partial charge on any atom is -0.316 e. The number of hydrogen-bond donors (Lipinski definition) is 1. The smallest absolute Gasteiger partial charge is 0.292 e. The van der Waals surface area contributed by atoms with Gasteiger partial charge in [0.1, 0.15) is 17.3 Å². The quantitative estimate of drug-likeness (QED) is 0.382. The number of nitro groups is 1. The van der Waals surface area contributed by atoms with Gasteiger partial charge in [-0.1, -0.05) is 57.2 Å². The fourth-order valence-electron chi connectivity index (χ4n) is 2.32. The van der Waals surface area contributed by atoms with Gasteiger partial charge in [0.2, 0.25) is 0 Å². The highest BCUT2D eigenvalue weighted by molar-refractivity contribution is 6.10. The van der Waals surface area contributed by atoms with Gasteiger partial charge in [-0.3, -0.25) is 14.9 Å². The molecule has 0 heterocycles. The molecule has 0 aliphatic rings. The van der Waals surface area contributed by atoms with Gasteiger partial charge in [-0.15, -0.1) is 0 Å². The molecule has 0 radical (unpaired) electrons. The van der Waals surface area contributed by atoms with Gasteiger partial charge >= 0.3 is 0 Å². The van der Waals surface area contributed by atoms with Crippen molar-refractivity contribution in [1.82, 2.24) is 0 Å². The summed E-state index contributed by atoms with van der Waals surface area (Å²) in [6.07, 6.45) is 1.45. The molecule has 26 heavy (non-hydrogen) atoms. The van der Waals surface area contributed by atoms with Crippen LogP contribution in [0.15, 0.2) is 54.1 Å². The van der Waals surface area contributed by atoms with E-state index < -0.39 is 10.8 Å². The lowest BCUT2D eigenvalue weighted by Gasteiger charge is -2.18. The molecule has 0 saturated carbocycles. The Morgan fingerprint density at radius 2 is 1.77 bits per heavy atom. The van der Waals surface area contributed by atoms with Gasteiger partial charge in [-0.2, -0.15) is 5.26 Å². The van der Waals surface area contributed by atoms with Crippen molar-refractivity contribution < 1.29 is 9.72 Å². The predicted molar refractivity (Wildman–Crippen MR) is 100 cm³/mol. The number of rotatable bonds is 4. The number of para-hydroxylation sites is 2. The molecule has 132 valence electrons. The number of carbonyl (C=O) groups excluding carboxylic acids is 1. The van der Waals surface area contributed by atoms with E-state index in [2.05, 4.69) is 26.1 Å². The summed E-state index contributed by atoms with van der Waals surface area (Å²) in [5.41, 5.74) is 1.53. The van der Waals surface area contributed by atoms with E-state index in [1.807, 2.05) is 30.3 Å². The largest absolute Gasteiger partial charge is 0.316 e. The third-order valence-electron chi connectivity index (χ3n) is 3.80. The third-order valence-corrected chi connectivity index (χ3v) is 3.80. The summed E-state index contributed by atoms with van der Waals surface area (Å²) < 4.78 is 0. The SMILES string of the molecule is CC(C)(C)c1ccc(/C=C(\C#N)C(=O)Nc2ccccc2[N+](=O)[O-])cc1. The highest BCUT2D eigenvalue weighted by Gasteiger charge is 2.17. The van der Waals surface area contributed by atoms with E-state index in [-0.39, 0.29) is 22.4 Å². The monoisotopic (exact) mass is 349 g/mol. The average molecular weight is 349 g/mol. The highest BCUT2D eigenvalue weighted by atomic mass is 16.6. The van der Waals surface area contributed by atoms with Crippen LogP contribution >= 0.6 is 0 Å². The normalized spacial score (nSPS) is 11.5. The summed E-state index contributed by atoms with van der Waals surface area (Å²) in [5.74, 6) is -0.693. The summed E-state index contributed by atoms with van der Waals surface area (Å²) in [6, 6.07) is 15.2. The Hall–Kier alpha value is -3.46. The Morgan fingerprint density at radius 1 is 1.15 bits per heavy atom. The van der Waals surface area contributed by atoms with Crippen LogP contribution in [0.1, 0.15) is 31.9 Å². The first-order valence-corrected chi connectivity index (χ1v) is 7.99. The van der Waals surface area contributed by atoms with Crippen molar-refractivity contribution in [3.8, 4) is 6.07 Å². The van der Waals surface area contributed by atoms with E-state index in [0.717, 1.165) is 5.56 Å². The van der Waals surface area contributed by atoms with Crippen molar-refractivity contribution in [2.75, 3.05) is 5.32 Å². The zero-order valence-electron chi connectivity index (χ0n) is 14.8. The van der Waals surface area contributed by atoms with Gasteiger partial charge in [0, 0.05) is 6.07 Å². The van der Waals surface area contributed by atoms with Crippen LogP contribution < -0.4 is 5.32 Å². The molecule has 6 nitrogen and oxygen atoms in total. The lowest BCUT2D eigenvalue weighted by molar-refractivity contribution is -0.383. The zero-order valence-corrected chi connectivity index (χ0v) is 14.8. The Morgan fingerprint density at radius 3 is 2.31 bits per heavy atom. The number of carbonyl (C=O) groups is 1. The van der Waals surface area contributed by atoms with E-state index in [0.29, 0.717) is 5.56 Å². The topological polar surface area (TPSA) is 96.0 Å². The summed E-state index contributed by atoms with van der Waals surface area (Å²) in [4.78, 5) is 22.8. The molecule has 0 aliphatic heterocycles. The molecule has 2 rings (SSSR count). The van der Waals surface area contributed by atoms with Crippen molar-refractivity contribution in [2.45, 2.75) is 26.2 Å². The van der Waals surface area contributed by atoms with Crippen LogP contribution in [0.4, 0.5) is 11.4 Å². The van der Waals surface area contributed by atoms with Gasteiger partial charge < -0.3 is 5.32 Å². The maximum Gasteiger partial charge on any atom is 0.292 e. The van der Waals surface area contributed by atoms with E-state index in [1.165, 1.54) is 24.3 Å². The summed E-state index contributed by atoms with van der Waals surface area (Å²) in [6.45, 7) is 6.29. The number of nitriles is 1. The second-order valence-electron chi connectivity index (χ2n) is 6.77. The highest BCUT2D eigenvalue weighted by Crippen LogP contribution is 2.25. The molecule has 0 fully saturated rings. The maximum absolute atomic E-state index is 12.3. The van der Waals surface area contributed by atoms with Crippen molar-refractivity contribution in [1.29, 1.82) is 5.26 Å². The van der Waals surface area contributed by atoms with Gasteiger partial charge in [0.05, 0.1) is 4.92 Å². The number of benzene rings is 2. The van der Waals surface area contributed by atoms with E-state index in [4.69, 9.17) is 0 Å². The Balaban J connectivity index is 2.26. The van der Waals surface area contributed by atoms with Crippen LogP contribution in [-0.2, 0) is 10.2 Å². The summed E-state index contributed by atoms with van der Waals surface area (Å²) in [7, 11) is 0. The molecule has 0 unspecified atom stereocenters. The predicted octanol–water partition coefficient (Wildman–Crippen LogP) is 4.44. The molecule has 6 heteroatoms. The van der Waals surface area contributed by atoms with Gasteiger partial charge in [0.15, 0.2) is 0 Å². The molecule has 2 aromatic carbocycles. The molecule has 0 bridgehead atoms. The number of hydrogen-bond acceptors (Lipinski definition) is 4. The maximum atomic E-state index is 12.3. The first-order valence-electron chi connectivity index (χ1n) is 7.99. The lowest BCUT2D eigenvalue weighted by atomic mass is 9.86. The molecule has 0 aliphatic carbocycles. The van der Waals surface area contributed by atoms with E-state index in [9.17, 15) is 20.2 Å². The molecular formula is C20H19N3O3. The number of nitro benzene ring substituents is 1. The van der Waals surface area contributed by atoms with Crippen molar-refractivity contribution in [3.63, 3.8) is 0 Å². The summed E-state index contributed by atoms with van der Waals surface area (Å²) >= 11 is 0. The van der Waals surface area contributed by atoms with Crippen LogP contribution in [0.25, 0.3) is 6.08 Å². The Kier molecular flexibility index (Phi) is 5.53. The minimum atomic E-state index is -0.693. The van der Waals surface area contributed by atoms with Crippen molar-refractivity contribution in [3.05, 3.63) is 75.3 Å². The molecule has 0 saturated heterocycles. The van der Waals surface area contributed by atoms with Crippen LogP contribution in [0.2, 0.25) is 0 Å². The zero-order chi connectivity index (χ0) is 19.3. The molecule has 1 amide bonds. The third kappa shape index (κ3) is 4.54. The number of anilines is 1. The fraction of sp³-hybridized carbons (Fsp3) is 0.200. The van der Waals surface area contributed by atoms with Crippen LogP contribution in [-0.4, -0.2) is 10.8 Å².